The highest BCUT2D eigenvalue weighted by Gasteiger charge is 1.96. The maximum Gasteiger partial charge on any atom is 0.119 e. The van der Waals surface area contributed by atoms with Crippen LogP contribution >= 0.6 is 0 Å². The number of ether oxygens (including phenoxy) is 3. The van der Waals surface area contributed by atoms with Gasteiger partial charge in [-0.2, -0.15) is 0 Å². The molecule has 1 N–H and O–H groups in total. The van der Waals surface area contributed by atoms with Crippen molar-refractivity contribution in [3.63, 3.8) is 0 Å². The van der Waals surface area contributed by atoms with Crippen LogP contribution in [0.5, 0.6) is 5.75 Å². The fourth-order valence-corrected chi connectivity index (χ4v) is 1.51. The fourth-order valence-electron chi connectivity index (χ4n) is 1.51. The molecule has 0 spiro atoms. The van der Waals surface area contributed by atoms with Crippen LogP contribution in [0.4, 0.5) is 0 Å². The van der Waals surface area contributed by atoms with Crippen LogP contribution in [-0.4, -0.2) is 47.1 Å². The maximum atomic E-state index is 5.61. The molecule has 0 radical (unpaired) electrons. The quantitative estimate of drug-likeness (QED) is 0.641. The first-order chi connectivity index (χ1) is 8.86. The van der Waals surface area contributed by atoms with Gasteiger partial charge in [0, 0.05) is 27.3 Å². The SMILES string of the molecule is COCCNCCOc1ccc(CCOC)cc1. The minimum atomic E-state index is 0.668. The highest BCUT2D eigenvalue weighted by atomic mass is 16.5. The van der Waals surface area contributed by atoms with Crippen molar-refractivity contribution in [2.24, 2.45) is 0 Å². The van der Waals surface area contributed by atoms with E-state index in [1.165, 1.54) is 5.56 Å². The Balaban J connectivity index is 2.14. The summed E-state index contributed by atoms with van der Waals surface area (Å²) in [6.07, 6.45) is 0.940. The molecule has 102 valence electrons. The molecule has 0 unspecified atom stereocenters. The molecule has 0 aliphatic rings. The Morgan fingerprint density at radius 1 is 0.889 bits per heavy atom. The number of nitrogens with one attached hydrogen (secondary N) is 1. The zero-order valence-electron chi connectivity index (χ0n) is 11.3. The number of rotatable bonds is 10. The van der Waals surface area contributed by atoms with Gasteiger partial charge in [0.05, 0.1) is 13.2 Å². The minimum Gasteiger partial charge on any atom is -0.492 e. The van der Waals surface area contributed by atoms with E-state index in [0.717, 1.165) is 38.5 Å². The first kappa shape index (κ1) is 15.0. The van der Waals surface area contributed by atoms with Crippen molar-refractivity contribution >= 4 is 0 Å². The molecule has 1 aromatic rings. The molecule has 1 aromatic carbocycles. The smallest absolute Gasteiger partial charge is 0.119 e. The highest BCUT2D eigenvalue weighted by Crippen LogP contribution is 2.12. The predicted octanol–water partition coefficient (Wildman–Crippen LogP) is 1.49. The van der Waals surface area contributed by atoms with Crippen LogP contribution in [0.15, 0.2) is 24.3 Å². The summed E-state index contributed by atoms with van der Waals surface area (Å²) in [4.78, 5) is 0. The summed E-state index contributed by atoms with van der Waals surface area (Å²) in [5.41, 5.74) is 1.27. The average molecular weight is 253 g/mol. The van der Waals surface area contributed by atoms with Crippen molar-refractivity contribution in [3.05, 3.63) is 29.8 Å². The van der Waals surface area contributed by atoms with E-state index in [0.29, 0.717) is 6.61 Å². The van der Waals surface area contributed by atoms with Crippen LogP contribution in [0.3, 0.4) is 0 Å². The molecule has 0 bridgehead atoms. The van der Waals surface area contributed by atoms with Crippen molar-refractivity contribution in [2.75, 3.05) is 47.1 Å². The molecule has 1 rings (SSSR count). The third-order valence-corrected chi connectivity index (χ3v) is 2.55. The van der Waals surface area contributed by atoms with E-state index in [9.17, 15) is 0 Å². The standard InChI is InChI=1S/C14H23NO3/c1-16-10-7-13-3-5-14(6-4-13)18-12-9-15-8-11-17-2/h3-6,15H,7-12H2,1-2H3. The fraction of sp³-hybridized carbons (Fsp3) is 0.571. The van der Waals surface area contributed by atoms with Gasteiger partial charge in [0.1, 0.15) is 12.4 Å². The molecule has 0 aliphatic carbocycles. The Kier molecular flexibility index (Phi) is 8.21. The van der Waals surface area contributed by atoms with Gasteiger partial charge in [0.2, 0.25) is 0 Å². The van der Waals surface area contributed by atoms with Gasteiger partial charge in [-0.25, -0.2) is 0 Å². The molecule has 0 amide bonds. The summed E-state index contributed by atoms with van der Waals surface area (Å²) in [5.74, 6) is 0.907. The van der Waals surface area contributed by atoms with Crippen molar-refractivity contribution in [3.8, 4) is 5.75 Å². The van der Waals surface area contributed by atoms with Crippen molar-refractivity contribution in [1.29, 1.82) is 0 Å². The molecule has 0 saturated carbocycles. The Hall–Kier alpha value is -1.10. The third kappa shape index (κ3) is 6.59. The zero-order valence-corrected chi connectivity index (χ0v) is 11.3. The molecular formula is C14H23NO3. The molecule has 0 aliphatic heterocycles. The second-order valence-electron chi connectivity index (χ2n) is 3.98. The van der Waals surface area contributed by atoms with E-state index >= 15 is 0 Å². The van der Waals surface area contributed by atoms with Gasteiger partial charge >= 0.3 is 0 Å². The first-order valence-electron chi connectivity index (χ1n) is 6.27. The van der Waals surface area contributed by atoms with Gasteiger partial charge in [-0.15, -0.1) is 0 Å². The van der Waals surface area contributed by atoms with Crippen LogP contribution in [0.2, 0.25) is 0 Å². The summed E-state index contributed by atoms with van der Waals surface area (Å²) >= 11 is 0. The molecule has 0 aromatic heterocycles. The highest BCUT2D eigenvalue weighted by molar-refractivity contribution is 5.27. The lowest BCUT2D eigenvalue weighted by Crippen LogP contribution is -2.24. The molecular weight excluding hydrogens is 230 g/mol. The van der Waals surface area contributed by atoms with E-state index in [1.807, 2.05) is 12.1 Å². The van der Waals surface area contributed by atoms with E-state index in [-0.39, 0.29) is 0 Å². The molecule has 0 heterocycles. The molecule has 0 saturated heterocycles. The van der Waals surface area contributed by atoms with Gasteiger partial charge in [-0.3, -0.25) is 0 Å². The number of benzene rings is 1. The van der Waals surface area contributed by atoms with Gasteiger partial charge in [0.15, 0.2) is 0 Å². The lowest BCUT2D eigenvalue weighted by Gasteiger charge is -2.08. The van der Waals surface area contributed by atoms with Gasteiger partial charge in [-0.1, -0.05) is 12.1 Å². The Morgan fingerprint density at radius 3 is 2.22 bits per heavy atom. The minimum absolute atomic E-state index is 0.668. The van der Waals surface area contributed by atoms with E-state index in [1.54, 1.807) is 14.2 Å². The van der Waals surface area contributed by atoms with Crippen LogP contribution in [0, 0.1) is 0 Å². The normalized spacial score (nSPS) is 10.6. The average Bonchev–Trinajstić information content (AvgIpc) is 2.42. The van der Waals surface area contributed by atoms with Crippen LogP contribution in [0.25, 0.3) is 0 Å². The topological polar surface area (TPSA) is 39.7 Å². The second-order valence-corrected chi connectivity index (χ2v) is 3.98. The van der Waals surface area contributed by atoms with Gasteiger partial charge in [0.25, 0.3) is 0 Å². The van der Waals surface area contributed by atoms with Crippen LogP contribution < -0.4 is 10.1 Å². The van der Waals surface area contributed by atoms with E-state index < -0.39 is 0 Å². The van der Waals surface area contributed by atoms with E-state index in [4.69, 9.17) is 14.2 Å². The number of methoxy groups -OCH3 is 2. The molecule has 18 heavy (non-hydrogen) atoms. The van der Waals surface area contributed by atoms with E-state index in [2.05, 4.69) is 17.4 Å². The zero-order chi connectivity index (χ0) is 13.1. The van der Waals surface area contributed by atoms with Crippen molar-refractivity contribution in [2.45, 2.75) is 6.42 Å². The van der Waals surface area contributed by atoms with Crippen molar-refractivity contribution in [1.82, 2.24) is 5.32 Å². The van der Waals surface area contributed by atoms with Crippen LogP contribution in [-0.2, 0) is 15.9 Å². The lowest BCUT2D eigenvalue weighted by molar-refractivity contribution is 0.196. The lowest BCUT2D eigenvalue weighted by atomic mass is 10.1. The maximum absolute atomic E-state index is 5.61. The Bertz CT molecular complexity index is 300. The molecule has 0 atom stereocenters. The summed E-state index contributed by atoms with van der Waals surface area (Å²) < 4.78 is 15.6. The first-order valence-corrected chi connectivity index (χ1v) is 6.27. The Morgan fingerprint density at radius 2 is 1.56 bits per heavy atom. The molecule has 4 nitrogen and oxygen atoms in total. The largest absolute Gasteiger partial charge is 0.492 e. The van der Waals surface area contributed by atoms with Crippen molar-refractivity contribution < 1.29 is 14.2 Å². The van der Waals surface area contributed by atoms with Crippen LogP contribution in [0.1, 0.15) is 5.56 Å². The Labute approximate surface area is 109 Å². The summed E-state index contributed by atoms with van der Waals surface area (Å²) in [6.45, 7) is 3.84. The second kappa shape index (κ2) is 9.88. The van der Waals surface area contributed by atoms with Gasteiger partial charge < -0.3 is 19.5 Å². The van der Waals surface area contributed by atoms with Gasteiger partial charge in [-0.05, 0) is 24.1 Å². The summed E-state index contributed by atoms with van der Waals surface area (Å²) in [6, 6.07) is 8.15. The summed E-state index contributed by atoms with van der Waals surface area (Å²) in [5, 5.41) is 3.23. The summed E-state index contributed by atoms with van der Waals surface area (Å²) in [7, 11) is 3.41. The molecule has 0 fully saturated rings. The number of hydrogen-bond acceptors (Lipinski definition) is 4. The predicted molar refractivity (Wildman–Crippen MR) is 72.3 cm³/mol. The molecule has 4 heteroatoms. The monoisotopic (exact) mass is 253 g/mol. The third-order valence-electron chi connectivity index (χ3n) is 2.55. The number of hydrogen-bond donors (Lipinski definition) is 1.